The molecule has 4 nitrogen and oxygen atoms in total. The van der Waals surface area contributed by atoms with E-state index < -0.39 is 22.5 Å². The highest BCUT2D eigenvalue weighted by molar-refractivity contribution is 7.80. The standard InChI is InChI=1S/C14H12ClFN2O2S/c1-14(2,8-3-5-9(15)6-4-8)12(21)18-7-10(16)11(19)17-13(18)20/h3-7H,1-2H3,(H,17,19,20). The molecular formula is C14H12ClFN2O2S. The lowest BCUT2D eigenvalue weighted by molar-refractivity contribution is 0.585. The second-order valence-corrected chi connectivity index (χ2v) is 5.87. The van der Waals surface area contributed by atoms with Gasteiger partial charge in [-0.3, -0.25) is 14.3 Å². The Morgan fingerprint density at radius 2 is 1.86 bits per heavy atom. The number of benzene rings is 1. The van der Waals surface area contributed by atoms with Gasteiger partial charge in [-0.05, 0) is 31.5 Å². The van der Waals surface area contributed by atoms with Crippen molar-refractivity contribution in [3.05, 3.63) is 67.7 Å². The Hall–Kier alpha value is -1.79. The predicted molar refractivity (Wildman–Crippen MR) is 83.8 cm³/mol. The molecule has 0 bridgehead atoms. The van der Waals surface area contributed by atoms with Gasteiger partial charge in [-0.15, -0.1) is 0 Å². The Balaban J connectivity index is 2.52. The zero-order valence-corrected chi connectivity index (χ0v) is 12.9. The van der Waals surface area contributed by atoms with Crippen LogP contribution in [0.25, 0.3) is 0 Å². The average Bonchev–Trinajstić information content (AvgIpc) is 2.42. The number of nitrogens with one attached hydrogen (secondary N) is 1. The summed E-state index contributed by atoms with van der Waals surface area (Å²) in [5, 5.41) is 0.577. The van der Waals surface area contributed by atoms with E-state index in [4.69, 9.17) is 23.8 Å². The zero-order valence-electron chi connectivity index (χ0n) is 11.3. The third-order valence-electron chi connectivity index (χ3n) is 3.22. The van der Waals surface area contributed by atoms with Crippen molar-refractivity contribution in [1.29, 1.82) is 0 Å². The van der Waals surface area contributed by atoms with Gasteiger partial charge in [-0.2, -0.15) is 4.39 Å². The molecule has 2 aromatic rings. The number of thiocarbonyl (C=S) groups is 1. The van der Waals surface area contributed by atoms with Crippen LogP contribution in [0.1, 0.15) is 19.4 Å². The highest BCUT2D eigenvalue weighted by atomic mass is 35.5. The molecule has 0 amide bonds. The molecule has 0 fully saturated rings. The summed E-state index contributed by atoms with van der Waals surface area (Å²) in [4.78, 5) is 24.9. The minimum atomic E-state index is -1.07. The Morgan fingerprint density at radius 1 is 1.29 bits per heavy atom. The number of H-pyrrole nitrogens is 1. The maximum Gasteiger partial charge on any atom is 0.333 e. The Labute approximate surface area is 130 Å². The smallest absolute Gasteiger partial charge is 0.271 e. The molecule has 0 saturated carbocycles. The van der Waals surface area contributed by atoms with E-state index in [1.807, 2.05) is 4.98 Å². The van der Waals surface area contributed by atoms with Gasteiger partial charge in [0.15, 0.2) is 0 Å². The Morgan fingerprint density at radius 3 is 2.43 bits per heavy atom. The topological polar surface area (TPSA) is 54.9 Å². The van der Waals surface area contributed by atoms with Crippen LogP contribution in [-0.4, -0.2) is 14.5 Å². The lowest BCUT2D eigenvalue weighted by Gasteiger charge is -2.27. The fraction of sp³-hybridized carbons (Fsp3) is 0.214. The minimum Gasteiger partial charge on any atom is -0.271 e. The summed E-state index contributed by atoms with van der Waals surface area (Å²) in [5.74, 6) is -1.07. The van der Waals surface area contributed by atoms with Gasteiger partial charge in [-0.1, -0.05) is 36.0 Å². The number of aromatic nitrogens is 2. The fourth-order valence-corrected chi connectivity index (χ4v) is 2.27. The van der Waals surface area contributed by atoms with Crippen LogP contribution < -0.4 is 11.2 Å². The van der Waals surface area contributed by atoms with E-state index in [1.165, 1.54) is 0 Å². The summed E-state index contributed by atoms with van der Waals surface area (Å²) in [5.41, 5.74) is -1.75. The molecular weight excluding hydrogens is 315 g/mol. The number of hydrogen-bond acceptors (Lipinski definition) is 3. The van der Waals surface area contributed by atoms with Gasteiger partial charge >= 0.3 is 5.69 Å². The van der Waals surface area contributed by atoms with Crippen molar-refractivity contribution in [3.8, 4) is 0 Å². The maximum atomic E-state index is 13.4. The van der Waals surface area contributed by atoms with Gasteiger partial charge < -0.3 is 0 Å². The van der Waals surface area contributed by atoms with Crippen molar-refractivity contribution in [3.63, 3.8) is 0 Å². The van der Waals surface area contributed by atoms with E-state index in [-0.39, 0.29) is 4.99 Å². The molecule has 0 saturated heterocycles. The molecule has 0 unspecified atom stereocenters. The molecule has 1 aromatic heterocycles. The minimum absolute atomic E-state index is 0.171. The summed E-state index contributed by atoms with van der Waals surface area (Å²) >= 11 is 11.1. The quantitative estimate of drug-likeness (QED) is 0.863. The van der Waals surface area contributed by atoms with E-state index in [1.54, 1.807) is 38.1 Å². The van der Waals surface area contributed by atoms with E-state index in [2.05, 4.69) is 0 Å². The Kier molecular flexibility index (Phi) is 4.11. The van der Waals surface area contributed by atoms with Gasteiger partial charge in [0.05, 0.1) is 6.20 Å². The van der Waals surface area contributed by atoms with Crippen LogP contribution in [0.4, 0.5) is 4.39 Å². The number of rotatable bonds is 2. The molecule has 0 aliphatic carbocycles. The number of aromatic amines is 1. The lowest BCUT2D eigenvalue weighted by atomic mass is 9.84. The van der Waals surface area contributed by atoms with Crippen LogP contribution >= 0.6 is 23.8 Å². The van der Waals surface area contributed by atoms with E-state index in [9.17, 15) is 14.0 Å². The molecule has 0 aliphatic rings. The third-order valence-corrected chi connectivity index (χ3v) is 4.18. The largest absolute Gasteiger partial charge is 0.333 e. The number of hydrogen-bond donors (Lipinski definition) is 1. The highest BCUT2D eigenvalue weighted by Crippen LogP contribution is 2.26. The van der Waals surface area contributed by atoms with Crippen LogP contribution in [0, 0.1) is 5.82 Å². The second-order valence-electron chi connectivity index (χ2n) is 5.04. The summed E-state index contributed by atoms with van der Waals surface area (Å²) in [7, 11) is 0. The second kappa shape index (κ2) is 5.54. The zero-order chi connectivity index (χ0) is 15.8. The molecule has 110 valence electrons. The van der Waals surface area contributed by atoms with E-state index >= 15 is 0 Å². The highest BCUT2D eigenvalue weighted by Gasteiger charge is 2.28. The molecule has 0 aliphatic heterocycles. The molecule has 1 N–H and O–H groups in total. The summed E-state index contributed by atoms with van der Waals surface area (Å²) in [6, 6.07) is 6.97. The van der Waals surface area contributed by atoms with Crippen LogP contribution in [0.2, 0.25) is 5.02 Å². The molecule has 0 atom stereocenters. The van der Waals surface area contributed by atoms with Crippen molar-refractivity contribution >= 4 is 28.8 Å². The van der Waals surface area contributed by atoms with Crippen LogP contribution in [0.5, 0.6) is 0 Å². The summed E-state index contributed by atoms with van der Waals surface area (Å²) in [6.45, 7) is 3.60. The SMILES string of the molecule is CC(C)(C(=S)n1cc(F)c(=O)[nH]c1=O)c1ccc(Cl)cc1. The summed E-state index contributed by atoms with van der Waals surface area (Å²) < 4.78 is 14.3. The first-order chi connectivity index (χ1) is 9.73. The number of nitrogens with zero attached hydrogens (tertiary/aromatic N) is 1. The fourth-order valence-electron chi connectivity index (χ4n) is 1.89. The molecule has 2 rings (SSSR count). The maximum absolute atomic E-state index is 13.4. The third kappa shape index (κ3) is 2.96. The Bertz CT molecular complexity index is 809. The molecule has 1 heterocycles. The molecule has 1 aromatic carbocycles. The molecule has 0 radical (unpaired) electrons. The number of halogens is 2. The van der Waals surface area contributed by atoms with E-state index in [0.717, 1.165) is 16.3 Å². The molecule has 21 heavy (non-hydrogen) atoms. The summed E-state index contributed by atoms with van der Waals surface area (Å²) in [6.07, 6.45) is 0.807. The first-order valence-electron chi connectivity index (χ1n) is 6.06. The first kappa shape index (κ1) is 15.6. The lowest BCUT2D eigenvalue weighted by Crippen LogP contribution is -2.42. The van der Waals surface area contributed by atoms with Gasteiger partial charge in [0.25, 0.3) is 5.56 Å². The van der Waals surface area contributed by atoms with Gasteiger partial charge in [-0.25, -0.2) is 4.79 Å². The molecule has 0 spiro atoms. The van der Waals surface area contributed by atoms with Gasteiger partial charge in [0.1, 0.15) is 4.99 Å². The van der Waals surface area contributed by atoms with Gasteiger partial charge in [0.2, 0.25) is 5.82 Å². The van der Waals surface area contributed by atoms with Crippen molar-refractivity contribution in [2.75, 3.05) is 0 Å². The van der Waals surface area contributed by atoms with Crippen molar-refractivity contribution < 1.29 is 4.39 Å². The van der Waals surface area contributed by atoms with Crippen molar-refractivity contribution in [2.24, 2.45) is 0 Å². The van der Waals surface area contributed by atoms with Crippen LogP contribution in [0.15, 0.2) is 40.1 Å². The van der Waals surface area contributed by atoms with Crippen LogP contribution in [-0.2, 0) is 5.41 Å². The average molecular weight is 327 g/mol. The van der Waals surface area contributed by atoms with Crippen LogP contribution in [0.3, 0.4) is 0 Å². The van der Waals surface area contributed by atoms with Crippen molar-refractivity contribution in [2.45, 2.75) is 19.3 Å². The normalized spacial score (nSPS) is 11.4. The first-order valence-corrected chi connectivity index (χ1v) is 6.84. The van der Waals surface area contributed by atoms with Gasteiger partial charge in [0, 0.05) is 10.4 Å². The van der Waals surface area contributed by atoms with Crippen molar-refractivity contribution in [1.82, 2.24) is 9.55 Å². The predicted octanol–water partition coefficient (Wildman–Crippen LogP) is 2.48. The van der Waals surface area contributed by atoms with E-state index in [0.29, 0.717) is 5.02 Å². The molecule has 7 heteroatoms. The monoisotopic (exact) mass is 326 g/mol.